The molecule has 0 atom stereocenters. The summed E-state index contributed by atoms with van der Waals surface area (Å²) in [6, 6.07) is 11.4. The van der Waals surface area contributed by atoms with E-state index in [0.29, 0.717) is 24.7 Å². The highest BCUT2D eigenvalue weighted by molar-refractivity contribution is 5.75. The molecule has 3 aromatic rings. The van der Waals surface area contributed by atoms with Gasteiger partial charge in [0.05, 0.1) is 5.54 Å². The number of rotatable bonds is 7. The Morgan fingerprint density at radius 3 is 2.66 bits per heavy atom. The Labute approximate surface area is 170 Å². The number of carbonyl (C=O) groups excluding carboxylic acids is 1. The van der Waals surface area contributed by atoms with Gasteiger partial charge in [-0.25, -0.2) is 4.79 Å². The summed E-state index contributed by atoms with van der Waals surface area (Å²) in [5.74, 6) is 0.899. The average Bonchev–Trinajstić information content (AvgIpc) is 3.17. The number of carbonyl (C=O) groups is 1. The lowest BCUT2D eigenvalue weighted by Crippen LogP contribution is -2.46. The Morgan fingerprint density at radius 2 is 1.93 bits per heavy atom. The van der Waals surface area contributed by atoms with Gasteiger partial charge in [0.15, 0.2) is 0 Å². The first kappa shape index (κ1) is 20.3. The van der Waals surface area contributed by atoms with Crippen molar-refractivity contribution in [1.29, 1.82) is 0 Å². The van der Waals surface area contributed by atoms with Crippen LogP contribution in [-0.4, -0.2) is 27.8 Å². The van der Waals surface area contributed by atoms with Crippen molar-refractivity contribution in [2.24, 2.45) is 0 Å². The second-order valence-corrected chi connectivity index (χ2v) is 7.35. The van der Waals surface area contributed by atoms with Crippen molar-refractivity contribution >= 4 is 11.6 Å². The Morgan fingerprint density at radius 1 is 1.17 bits per heavy atom. The summed E-state index contributed by atoms with van der Waals surface area (Å²) in [6.07, 6.45) is 3.77. The van der Waals surface area contributed by atoms with Gasteiger partial charge in [0.1, 0.15) is 0 Å². The number of amides is 2. The second-order valence-electron chi connectivity index (χ2n) is 7.35. The Kier molecular flexibility index (Phi) is 6.07. The number of hydrogen-bond acceptors (Lipinski definition) is 5. The first-order valence-electron chi connectivity index (χ1n) is 9.40. The van der Waals surface area contributed by atoms with Crippen LogP contribution in [0.15, 0.2) is 59.8 Å². The number of pyridine rings is 1. The first-order valence-corrected chi connectivity index (χ1v) is 9.40. The molecule has 7 nitrogen and oxygen atoms in total. The van der Waals surface area contributed by atoms with Gasteiger partial charge in [-0.2, -0.15) is 0 Å². The lowest BCUT2D eigenvalue weighted by molar-refractivity contribution is 0.230. The topological polar surface area (TPSA) is 92.9 Å². The molecule has 0 unspecified atom stereocenters. The van der Waals surface area contributed by atoms with Gasteiger partial charge in [-0.05, 0) is 50.1 Å². The normalized spacial score (nSPS) is 11.1. The van der Waals surface area contributed by atoms with E-state index in [1.807, 2.05) is 45.0 Å². The summed E-state index contributed by atoms with van der Waals surface area (Å²) in [6.45, 7) is 10.2. The zero-order valence-corrected chi connectivity index (χ0v) is 16.9. The van der Waals surface area contributed by atoms with Gasteiger partial charge < -0.3 is 15.1 Å². The monoisotopic (exact) mass is 391 g/mol. The summed E-state index contributed by atoms with van der Waals surface area (Å²) in [5.41, 5.74) is 3.32. The van der Waals surface area contributed by atoms with Gasteiger partial charge in [-0.3, -0.25) is 4.98 Å². The summed E-state index contributed by atoms with van der Waals surface area (Å²) < 4.78 is 5.63. The van der Waals surface area contributed by atoms with E-state index in [2.05, 4.69) is 32.4 Å². The van der Waals surface area contributed by atoms with E-state index in [1.54, 1.807) is 24.5 Å². The van der Waals surface area contributed by atoms with Crippen molar-refractivity contribution in [1.82, 2.24) is 25.8 Å². The maximum absolute atomic E-state index is 12.4. The third kappa shape index (κ3) is 5.28. The highest BCUT2D eigenvalue weighted by atomic mass is 16.4. The molecule has 2 heterocycles. The number of hydrogen-bond donors (Lipinski definition) is 2. The number of nitrogens with one attached hydrogen (secondary N) is 2. The van der Waals surface area contributed by atoms with Crippen molar-refractivity contribution in [3.8, 4) is 11.5 Å². The van der Waals surface area contributed by atoms with Crippen molar-refractivity contribution in [3.05, 3.63) is 72.4 Å². The molecule has 3 rings (SSSR count). The van der Waals surface area contributed by atoms with Crippen molar-refractivity contribution in [2.45, 2.75) is 32.7 Å². The van der Waals surface area contributed by atoms with Crippen LogP contribution in [0.1, 0.15) is 37.8 Å². The summed E-state index contributed by atoms with van der Waals surface area (Å²) in [5, 5.41) is 13.9. The standard InChI is InChI=1S/C22H25N5O2/c1-15(2)17-6-5-7-18(14-17)22(3,4)25-21(28)24-13-10-19-26-27-20(29-19)16-8-11-23-12-9-16/h5-9,11-12,14H,1,10,13H2,2-4H3,(H2,24,25,28). The fourth-order valence-corrected chi connectivity index (χ4v) is 2.82. The van der Waals surface area contributed by atoms with Crippen LogP contribution in [0.4, 0.5) is 4.79 Å². The second kappa shape index (κ2) is 8.68. The van der Waals surface area contributed by atoms with Crippen LogP contribution < -0.4 is 10.6 Å². The van der Waals surface area contributed by atoms with Crippen LogP contribution in [0, 0.1) is 0 Å². The van der Waals surface area contributed by atoms with Crippen LogP contribution in [0.5, 0.6) is 0 Å². The van der Waals surface area contributed by atoms with Gasteiger partial charge in [0.2, 0.25) is 11.8 Å². The molecule has 0 aliphatic carbocycles. The number of benzene rings is 1. The molecule has 2 aromatic heterocycles. The molecule has 0 aliphatic rings. The minimum absolute atomic E-state index is 0.260. The van der Waals surface area contributed by atoms with Crippen LogP contribution >= 0.6 is 0 Å². The van der Waals surface area contributed by atoms with E-state index in [-0.39, 0.29) is 6.03 Å². The van der Waals surface area contributed by atoms with Crippen molar-refractivity contribution in [3.63, 3.8) is 0 Å². The molecule has 0 radical (unpaired) electrons. The molecule has 0 aliphatic heterocycles. The third-order valence-electron chi connectivity index (χ3n) is 4.52. The molecule has 7 heteroatoms. The maximum atomic E-state index is 12.4. The predicted molar refractivity (Wildman–Crippen MR) is 112 cm³/mol. The fraction of sp³-hybridized carbons (Fsp3) is 0.273. The minimum atomic E-state index is -0.533. The fourth-order valence-electron chi connectivity index (χ4n) is 2.82. The molecular formula is C22H25N5O2. The lowest BCUT2D eigenvalue weighted by atomic mass is 9.92. The molecule has 2 N–H and O–H groups in total. The van der Waals surface area contributed by atoms with E-state index >= 15 is 0 Å². The number of allylic oxidation sites excluding steroid dienone is 1. The van der Waals surface area contributed by atoms with E-state index in [1.165, 1.54) is 0 Å². The predicted octanol–water partition coefficient (Wildman–Crippen LogP) is 3.94. The van der Waals surface area contributed by atoms with E-state index in [0.717, 1.165) is 22.3 Å². The molecule has 1 aromatic carbocycles. The Hall–Kier alpha value is -3.48. The highest BCUT2D eigenvalue weighted by Gasteiger charge is 2.23. The Bertz CT molecular complexity index is 995. The molecule has 0 saturated heterocycles. The van der Waals surface area contributed by atoms with Gasteiger partial charge in [-0.15, -0.1) is 10.2 Å². The van der Waals surface area contributed by atoms with Gasteiger partial charge in [0, 0.05) is 30.9 Å². The van der Waals surface area contributed by atoms with Crippen LogP contribution in [0.3, 0.4) is 0 Å². The van der Waals surface area contributed by atoms with E-state index in [9.17, 15) is 4.79 Å². The lowest BCUT2D eigenvalue weighted by Gasteiger charge is -2.27. The molecule has 150 valence electrons. The molecule has 29 heavy (non-hydrogen) atoms. The van der Waals surface area contributed by atoms with E-state index in [4.69, 9.17) is 4.42 Å². The third-order valence-corrected chi connectivity index (χ3v) is 4.52. The molecule has 0 fully saturated rings. The highest BCUT2D eigenvalue weighted by Crippen LogP contribution is 2.23. The number of aromatic nitrogens is 3. The number of urea groups is 1. The van der Waals surface area contributed by atoms with Crippen LogP contribution in [0.25, 0.3) is 17.0 Å². The van der Waals surface area contributed by atoms with Gasteiger partial charge in [-0.1, -0.05) is 30.4 Å². The zero-order chi connectivity index (χ0) is 20.9. The quantitative estimate of drug-likeness (QED) is 0.636. The summed E-state index contributed by atoms with van der Waals surface area (Å²) >= 11 is 0. The van der Waals surface area contributed by atoms with Gasteiger partial charge in [0.25, 0.3) is 0 Å². The van der Waals surface area contributed by atoms with Crippen LogP contribution in [0.2, 0.25) is 0 Å². The van der Waals surface area contributed by atoms with Crippen molar-refractivity contribution < 1.29 is 9.21 Å². The molecule has 0 bridgehead atoms. The first-order chi connectivity index (χ1) is 13.8. The molecular weight excluding hydrogens is 366 g/mol. The molecule has 2 amide bonds. The zero-order valence-electron chi connectivity index (χ0n) is 16.9. The molecule has 0 spiro atoms. The SMILES string of the molecule is C=C(C)c1cccc(C(C)(C)NC(=O)NCCc2nnc(-c3ccncc3)o2)c1. The maximum Gasteiger partial charge on any atom is 0.315 e. The van der Waals surface area contributed by atoms with Crippen molar-refractivity contribution in [2.75, 3.05) is 6.54 Å². The summed E-state index contributed by atoms with van der Waals surface area (Å²) in [7, 11) is 0. The minimum Gasteiger partial charge on any atom is -0.421 e. The summed E-state index contributed by atoms with van der Waals surface area (Å²) in [4.78, 5) is 16.3. The molecule has 0 saturated carbocycles. The average molecular weight is 391 g/mol. The smallest absolute Gasteiger partial charge is 0.315 e. The largest absolute Gasteiger partial charge is 0.421 e. The van der Waals surface area contributed by atoms with E-state index < -0.39 is 5.54 Å². The number of nitrogens with zero attached hydrogens (tertiary/aromatic N) is 3. The van der Waals surface area contributed by atoms with Gasteiger partial charge >= 0.3 is 6.03 Å². The Balaban J connectivity index is 1.53. The van der Waals surface area contributed by atoms with Crippen LogP contribution in [-0.2, 0) is 12.0 Å².